The lowest BCUT2D eigenvalue weighted by Gasteiger charge is -2.30. The Morgan fingerprint density at radius 2 is 0.529 bits per heavy atom. The van der Waals surface area contributed by atoms with Crippen molar-refractivity contribution in [1.82, 2.24) is 24.9 Å². The van der Waals surface area contributed by atoms with Crippen LogP contribution in [-0.2, 0) is 0 Å². The smallest absolute Gasteiger partial charge is 0.576 e. The molecule has 0 atom stereocenters. The van der Waals surface area contributed by atoms with Gasteiger partial charge in [0.2, 0.25) is 0 Å². The molecule has 0 saturated carbocycles. The lowest BCUT2D eigenvalue weighted by atomic mass is 9.82. The second-order valence-electron chi connectivity index (χ2n) is 24.6. The number of benzene rings is 13. The lowest BCUT2D eigenvalue weighted by Crippen LogP contribution is -2.40. The third-order valence-corrected chi connectivity index (χ3v) is 20.3. The number of hydrogen-bond donors (Lipinski definition) is 0. The third-order valence-electron chi connectivity index (χ3n) is 18.9. The van der Waals surface area contributed by atoms with E-state index in [1.807, 2.05) is 152 Å². The first-order chi connectivity index (χ1) is 50.3. The van der Waals surface area contributed by atoms with Crippen molar-refractivity contribution in [2.75, 3.05) is 9.80 Å². The molecule has 13 aromatic carbocycles. The Labute approximate surface area is 587 Å². The Bertz CT molecular complexity index is 5840. The van der Waals surface area contributed by atoms with E-state index in [1.54, 1.807) is 91.4 Å². The van der Waals surface area contributed by atoms with Crippen LogP contribution in [0, 0.1) is 0 Å². The van der Waals surface area contributed by atoms with Crippen molar-refractivity contribution in [2.24, 2.45) is 0 Å². The molecule has 0 spiro atoms. The third kappa shape index (κ3) is 10.4. The minimum Gasteiger partial charge on any atom is -0.576 e. The summed E-state index contributed by atoms with van der Waals surface area (Å²) in [5, 5.41) is 11.6. The van der Waals surface area contributed by atoms with Crippen LogP contribution in [-0.4, -0.2) is 63.7 Å². The van der Waals surface area contributed by atoms with Crippen molar-refractivity contribution in [3.8, 4) is 39.5 Å². The van der Waals surface area contributed by atoms with Crippen LogP contribution in [0.3, 0.4) is 0 Å². The highest BCUT2D eigenvalue weighted by Gasteiger charge is 2.46. The van der Waals surface area contributed by atoms with Crippen molar-refractivity contribution < 1.29 is 30.5 Å². The number of para-hydroxylation sites is 5. The molecule has 480 valence electrons. The van der Waals surface area contributed by atoms with E-state index >= 15 is 0 Å². The van der Waals surface area contributed by atoms with Gasteiger partial charge in [-0.3, -0.25) is 44.1 Å². The Hall–Kier alpha value is -13.6. The van der Waals surface area contributed by atoms with Gasteiger partial charge in [0.15, 0.2) is 0 Å². The maximum atomic E-state index is 13.8. The van der Waals surface area contributed by atoms with Gasteiger partial charge in [0.1, 0.15) is 33.8 Å². The number of carbonyl (C=O) groups is 4. The summed E-state index contributed by atoms with van der Waals surface area (Å²) in [7, 11) is 0. The largest absolute Gasteiger partial charge is 1.20 e. The van der Waals surface area contributed by atoms with Crippen molar-refractivity contribution in [3.63, 3.8) is 0 Å². The maximum absolute atomic E-state index is 13.8. The van der Waals surface area contributed by atoms with Crippen LogP contribution in [0.5, 0.6) is 17.2 Å². The van der Waals surface area contributed by atoms with Gasteiger partial charge in [-0.1, -0.05) is 188 Å². The van der Waals surface area contributed by atoms with E-state index in [4.69, 9.17) is 11.4 Å². The fourth-order valence-corrected chi connectivity index (χ4v) is 15.7. The molecule has 0 bridgehead atoms. The SMILES string of the molecule is O=C1c2ccc3c4ccc5c6c(ccc(c7ccc(c2c37)C(=O)N1c1ccccc1)c64)C(=O)N(c1ccccc1)C5=O.c1ccc(-c2ccnc3c2ccc2c(-c4ccccc4)ccnc23)cc1.c1cnc2c([O][Al]([O]c3cccc4cccnc34)[O]c3cccc4cccnc34)cccc2c1. The van der Waals surface area contributed by atoms with E-state index in [1.165, 1.54) is 32.1 Å². The van der Waals surface area contributed by atoms with E-state index in [0.717, 1.165) is 86.8 Å². The predicted molar refractivity (Wildman–Crippen MR) is 404 cm³/mol. The van der Waals surface area contributed by atoms with Gasteiger partial charge in [-0.05, 0) is 152 Å². The Balaban J connectivity index is 0.000000113. The monoisotopic (exact) mass is 1330 g/mol. The van der Waals surface area contributed by atoms with Gasteiger partial charge in [0.05, 0.1) is 22.4 Å². The average Bonchev–Trinajstić information content (AvgIpc) is 0.689. The molecule has 18 aromatic rings. The molecule has 4 amide bonds. The Kier molecular flexibility index (Phi) is 15.1. The van der Waals surface area contributed by atoms with Crippen LogP contribution in [0.2, 0.25) is 0 Å². The molecule has 2 aliphatic rings. The zero-order chi connectivity index (χ0) is 68.4. The van der Waals surface area contributed by atoms with Gasteiger partial charge in [-0.2, -0.15) is 0 Å². The minimum atomic E-state index is -2.86. The normalized spacial score (nSPS) is 12.5. The molecule has 20 rings (SSSR count). The van der Waals surface area contributed by atoms with Crippen molar-refractivity contribution >= 4 is 148 Å². The molecule has 0 radical (unpaired) electrons. The van der Waals surface area contributed by atoms with Gasteiger partial charge in [-0.25, -0.2) is 9.80 Å². The number of amides is 4. The van der Waals surface area contributed by atoms with Gasteiger partial charge in [0, 0.05) is 90.9 Å². The van der Waals surface area contributed by atoms with E-state index in [-0.39, 0.29) is 23.6 Å². The fourth-order valence-electron chi connectivity index (χ4n) is 14.4. The summed E-state index contributed by atoms with van der Waals surface area (Å²) >= 11 is -2.86. The number of imide groups is 2. The standard InChI is InChI=1S/C36H18N2O4.C24H16N2.3C9H7NO.Al/c39-33-25-15-11-21-23-13-17-27-32-28(36(42)38(35(27)41)20-9-5-2-6-10-20)18-14-24(30(23)32)22-12-16-26(31(25)29(21)22)34(40)37(33)19-7-3-1-4-8-19;1-3-7-17(8-4-1)19-13-15-25-23-21(19)11-12-22-20(14-16-26-24(22)23)18-9-5-2-6-10-18;3*11-8-5-1-3-7-4-2-6-10-9(7)8;/h1-18H;1-16H;3*1-6,11H;/q;;;;;+3/p-3. The fraction of sp³-hybridized carbons (Fsp3) is 0. The Morgan fingerprint density at radius 1 is 0.235 bits per heavy atom. The number of nitrogens with zero attached hydrogens (tertiary/aromatic N) is 7. The van der Waals surface area contributed by atoms with Crippen molar-refractivity contribution in [3.05, 3.63) is 338 Å². The number of anilines is 2. The minimum absolute atomic E-state index is 0.365. The van der Waals surface area contributed by atoms with Gasteiger partial charge >= 0.3 is 15.1 Å². The molecule has 2 aliphatic heterocycles. The van der Waals surface area contributed by atoms with Crippen molar-refractivity contribution in [2.45, 2.75) is 0 Å². The summed E-state index contributed by atoms with van der Waals surface area (Å²) in [6, 6.07) is 91.1. The molecule has 7 heterocycles. The van der Waals surface area contributed by atoms with E-state index in [9.17, 15) is 19.2 Å². The number of hydrogen-bond acceptors (Lipinski definition) is 12. The number of pyridine rings is 5. The van der Waals surface area contributed by atoms with Gasteiger partial charge in [-0.15, -0.1) is 0 Å². The summed E-state index contributed by atoms with van der Waals surface area (Å²) < 4.78 is 19.2. The highest BCUT2D eigenvalue weighted by molar-refractivity contribution is 6.45. The molecule has 14 nitrogen and oxygen atoms in total. The number of carbonyl (C=O) groups excluding carboxylic acids is 4. The zero-order valence-corrected chi connectivity index (χ0v) is 55.2. The highest BCUT2D eigenvalue weighted by Crippen LogP contribution is 2.47. The molecule has 0 unspecified atom stereocenters. The molecule has 0 N–H and O–H groups in total. The molecule has 0 fully saturated rings. The van der Waals surface area contributed by atoms with Gasteiger partial charge < -0.3 is 11.4 Å². The molecule has 15 heteroatoms. The van der Waals surface area contributed by atoms with Crippen LogP contribution in [0.25, 0.3) is 120 Å². The van der Waals surface area contributed by atoms with Crippen LogP contribution >= 0.6 is 0 Å². The maximum Gasteiger partial charge on any atom is 1.20 e. The predicted octanol–water partition coefficient (Wildman–Crippen LogP) is 19.3. The topological polar surface area (TPSA) is 167 Å². The zero-order valence-electron chi connectivity index (χ0n) is 54.1. The molecular weight excluding hydrogens is 1280 g/mol. The molecule has 0 saturated heterocycles. The summed E-state index contributed by atoms with van der Waals surface area (Å²) in [6.45, 7) is 0. The molecule has 102 heavy (non-hydrogen) atoms. The van der Waals surface area contributed by atoms with Crippen molar-refractivity contribution in [1.29, 1.82) is 0 Å². The van der Waals surface area contributed by atoms with E-state index in [2.05, 4.69) is 97.7 Å². The van der Waals surface area contributed by atoms with E-state index < -0.39 is 15.1 Å². The summed E-state index contributed by atoms with van der Waals surface area (Å²) in [4.78, 5) is 80.4. The number of fused-ring (bicyclic) bond motifs is 8. The summed E-state index contributed by atoms with van der Waals surface area (Å²) in [5.74, 6) is 0.362. The second kappa shape index (κ2) is 25.4. The first kappa shape index (κ1) is 60.8. The van der Waals surface area contributed by atoms with Crippen LogP contribution < -0.4 is 21.2 Å². The first-order valence-electron chi connectivity index (χ1n) is 33.2. The molecule has 5 aromatic heterocycles. The quantitative estimate of drug-likeness (QED) is 0.0551. The highest BCUT2D eigenvalue weighted by atomic mass is 27.3. The molecule has 0 aliphatic carbocycles. The van der Waals surface area contributed by atoms with Gasteiger partial charge in [0.25, 0.3) is 23.6 Å². The number of aromatic nitrogens is 5. The van der Waals surface area contributed by atoms with Crippen LogP contribution in [0.4, 0.5) is 11.4 Å². The molecular formula is C87H52AlN7O7. The average molecular weight is 1330 g/mol. The van der Waals surface area contributed by atoms with Crippen LogP contribution in [0.15, 0.2) is 316 Å². The lowest BCUT2D eigenvalue weighted by molar-refractivity contribution is 0.0877. The number of rotatable bonds is 10. The van der Waals surface area contributed by atoms with Crippen LogP contribution in [0.1, 0.15) is 41.4 Å². The Morgan fingerprint density at radius 3 is 0.863 bits per heavy atom. The summed E-state index contributed by atoms with van der Waals surface area (Å²) in [6.07, 6.45) is 8.99. The second-order valence-corrected chi connectivity index (χ2v) is 25.9. The summed E-state index contributed by atoms with van der Waals surface area (Å²) in [5.41, 5.74) is 11.8. The van der Waals surface area contributed by atoms with E-state index in [0.29, 0.717) is 61.6 Å². The first-order valence-corrected chi connectivity index (χ1v) is 34.6.